The second-order valence-electron chi connectivity index (χ2n) is 3.16. The number of nitrogens with zero attached hydrogens (tertiary/aromatic N) is 2. The Bertz CT molecular complexity index is 100.0. The SMILES string of the molecule is CN=CN(C)C(C)(C)C. The summed E-state index contributed by atoms with van der Waals surface area (Å²) in [6, 6.07) is 0. The van der Waals surface area contributed by atoms with Gasteiger partial charge in [-0.25, -0.2) is 0 Å². The van der Waals surface area contributed by atoms with Crippen LogP contribution >= 0.6 is 0 Å². The van der Waals surface area contributed by atoms with E-state index in [1.54, 1.807) is 7.05 Å². The van der Waals surface area contributed by atoms with E-state index in [9.17, 15) is 0 Å². The van der Waals surface area contributed by atoms with Crippen LogP contribution < -0.4 is 0 Å². The fourth-order valence-corrected chi connectivity index (χ4v) is 0.346. The van der Waals surface area contributed by atoms with Crippen molar-refractivity contribution in [2.24, 2.45) is 4.99 Å². The molecule has 0 aliphatic heterocycles. The van der Waals surface area contributed by atoms with E-state index in [2.05, 4.69) is 30.7 Å². The molecule has 0 aromatic rings. The van der Waals surface area contributed by atoms with Crippen molar-refractivity contribution >= 4 is 6.34 Å². The van der Waals surface area contributed by atoms with Gasteiger partial charge in [-0.1, -0.05) is 0 Å². The van der Waals surface area contributed by atoms with Crippen LogP contribution in [0.5, 0.6) is 0 Å². The third kappa shape index (κ3) is 3.12. The van der Waals surface area contributed by atoms with Crippen LogP contribution in [0, 0.1) is 0 Å². The van der Waals surface area contributed by atoms with Crippen LogP contribution in [-0.2, 0) is 0 Å². The molecular weight excluding hydrogens is 112 g/mol. The second-order valence-corrected chi connectivity index (χ2v) is 3.16. The molecule has 54 valence electrons. The van der Waals surface area contributed by atoms with Crippen molar-refractivity contribution in [1.29, 1.82) is 0 Å². The van der Waals surface area contributed by atoms with Gasteiger partial charge < -0.3 is 4.90 Å². The van der Waals surface area contributed by atoms with E-state index in [4.69, 9.17) is 0 Å². The number of rotatable bonds is 1. The minimum Gasteiger partial charge on any atom is -0.361 e. The predicted octanol–water partition coefficient (Wildman–Crippen LogP) is 1.37. The van der Waals surface area contributed by atoms with E-state index in [-0.39, 0.29) is 5.54 Å². The van der Waals surface area contributed by atoms with Gasteiger partial charge in [-0.05, 0) is 20.8 Å². The number of hydrogen-bond donors (Lipinski definition) is 0. The lowest BCUT2D eigenvalue weighted by Gasteiger charge is -2.29. The summed E-state index contributed by atoms with van der Waals surface area (Å²) >= 11 is 0. The molecule has 0 heterocycles. The Balaban J connectivity index is 3.88. The first-order valence-corrected chi connectivity index (χ1v) is 3.13. The van der Waals surface area contributed by atoms with Crippen LogP contribution in [0.25, 0.3) is 0 Å². The van der Waals surface area contributed by atoms with Crippen LogP contribution in [0.1, 0.15) is 20.8 Å². The molecule has 0 saturated carbocycles. The maximum atomic E-state index is 3.90. The van der Waals surface area contributed by atoms with Gasteiger partial charge in [0.2, 0.25) is 0 Å². The van der Waals surface area contributed by atoms with E-state index in [0.29, 0.717) is 0 Å². The van der Waals surface area contributed by atoms with Crippen molar-refractivity contribution < 1.29 is 0 Å². The van der Waals surface area contributed by atoms with E-state index in [1.807, 2.05) is 13.4 Å². The molecule has 0 spiro atoms. The molecule has 0 rings (SSSR count). The largest absolute Gasteiger partial charge is 0.361 e. The molecule has 0 N–H and O–H groups in total. The molecule has 0 unspecified atom stereocenters. The second kappa shape index (κ2) is 2.85. The Morgan fingerprint density at radius 1 is 1.33 bits per heavy atom. The number of aliphatic imine (C=N–C) groups is 1. The van der Waals surface area contributed by atoms with Crippen molar-refractivity contribution in [3.63, 3.8) is 0 Å². The topological polar surface area (TPSA) is 15.6 Å². The Hall–Kier alpha value is -0.530. The minimum absolute atomic E-state index is 0.194. The lowest BCUT2D eigenvalue weighted by molar-refractivity contribution is 0.290. The lowest BCUT2D eigenvalue weighted by Crippen LogP contribution is -2.36. The molecule has 0 atom stereocenters. The molecule has 0 saturated heterocycles. The van der Waals surface area contributed by atoms with E-state index >= 15 is 0 Å². The standard InChI is InChI=1S/C7H16N2/c1-7(2,3)9(5)6-8-4/h6H,1-5H3. The fraction of sp³-hybridized carbons (Fsp3) is 0.857. The highest BCUT2D eigenvalue weighted by Gasteiger charge is 2.12. The average molecular weight is 128 g/mol. The summed E-state index contributed by atoms with van der Waals surface area (Å²) in [4.78, 5) is 5.98. The van der Waals surface area contributed by atoms with Gasteiger partial charge >= 0.3 is 0 Å². The highest BCUT2D eigenvalue weighted by molar-refractivity contribution is 5.55. The van der Waals surface area contributed by atoms with Gasteiger partial charge in [-0.3, -0.25) is 4.99 Å². The molecule has 2 heteroatoms. The maximum Gasteiger partial charge on any atom is 0.0848 e. The van der Waals surface area contributed by atoms with Crippen LogP contribution in [0.3, 0.4) is 0 Å². The summed E-state index contributed by atoms with van der Waals surface area (Å²) in [6.07, 6.45) is 1.83. The molecule has 9 heavy (non-hydrogen) atoms. The minimum atomic E-state index is 0.194. The zero-order valence-electron chi connectivity index (χ0n) is 6.97. The van der Waals surface area contributed by atoms with Crippen molar-refractivity contribution in [1.82, 2.24) is 4.90 Å². The molecule has 0 fully saturated rings. The van der Waals surface area contributed by atoms with E-state index in [0.717, 1.165) is 0 Å². The summed E-state index contributed by atoms with van der Waals surface area (Å²) in [5, 5.41) is 0. The van der Waals surface area contributed by atoms with Gasteiger partial charge in [-0.2, -0.15) is 0 Å². The predicted molar refractivity (Wildman–Crippen MR) is 41.9 cm³/mol. The molecule has 0 aromatic heterocycles. The molecular formula is C7H16N2. The van der Waals surface area contributed by atoms with Crippen LogP contribution in [0.2, 0.25) is 0 Å². The van der Waals surface area contributed by atoms with E-state index in [1.165, 1.54) is 0 Å². The molecule has 0 radical (unpaired) electrons. The zero-order chi connectivity index (χ0) is 7.49. The first-order valence-electron chi connectivity index (χ1n) is 3.13. The van der Waals surface area contributed by atoms with Crippen molar-refractivity contribution in [3.05, 3.63) is 0 Å². The Kier molecular flexibility index (Phi) is 2.68. The third-order valence-corrected chi connectivity index (χ3v) is 1.35. The van der Waals surface area contributed by atoms with Gasteiger partial charge in [0, 0.05) is 19.6 Å². The highest BCUT2D eigenvalue weighted by atomic mass is 15.2. The quantitative estimate of drug-likeness (QED) is 0.385. The summed E-state index contributed by atoms with van der Waals surface area (Å²) in [7, 11) is 3.80. The molecule has 0 aliphatic rings. The summed E-state index contributed by atoms with van der Waals surface area (Å²) in [6.45, 7) is 6.44. The average Bonchev–Trinajstić information content (AvgIpc) is 1.64. The van der Waals surface area contributed by atoms with Gasteiger partial charge in [-0.15, -0.1) is 0 Å². The highest BCUT2D eigenvalue weighted by Crippen LogP contribution is 2.06. The van der Waals surface area contributed by atoms with Crippen LogP contribution in [-0.4, -0.2) is 30.9 Å². The summed E-state index contributed by atoms with van der Waals surface area (Å²) in [5.41, 5.74) is 0.194. The van der Waals surface area contributed by atoms with Gasteiger partial charge in [0.1, 0.15) is 0 Å². The summed E-state index contributed by atoms with van der Waals surface area (Å²) < 4.78 is 0. The van der Waals surface area contributed by atoms with Gasteiger partial charge in [0.25, 0.3) is 0 Å². The van der Waals surface area contributed by atoms with Crippen LogP contribution in [0.4, 0.5) is 0 Å². The Labute approximate surface area is 57.6 Å². The third-order valence-electron chi connectivity index (χ3n) is 1.35. The number of hydrogen-bond acceptors (Lipinski definition) is 1. The maximum absolute atomic E-state index is 3.90. The Morgan fingerprint density at radius 3 is 1.89 bits per heavy atom. The van der Waals surface area contributed by atoms with Gasteiger partial charge in [0.15, 0.2) is 0 Å². The Morgan fingerprint density at radius 2 is 1.78 bits per heavy atom. The summed E-state index contributed by atoms with van der Waals surface area (Å²) in [5.74, 6) is 0. The van der Waals surface area contributed by atoms with Crippen molar-refractivity contribution in [2.75, 3.05) is 14.1 Å². The van der Waals surface area contributed by atoms with Crippen LogP contribution in [0.15, 0.2) is 4.99 Å². The fourth-order valence-electron chi connectivity index (χ4n) is 0.346. The first-order chi connectivity index (χ1) is 3.98. The first kappa shape index (κ1) is 8.47. The molecule has 0 aliphatic carbocycles. The van der Waals surface area contributed by atoms with E-state index < -0.39 is 0 Å². The molecule has 0 bridgehead atoms. The molecule has 0 amide bonds. The zero-order valence-corrected chi connectivity index (χ0v) is 6.97. The smallest absolute Gasteiger partial charge is 0.0848 e. The normalized spacial score (nSPS) is 12.6. The van der Waals surface area contributed by atoms with Crippen molar-refractivity contribution in [3.8, 4) is 0 Å². The van der Waals surface area contributed by atoms with Gasteiger partial charge in [0.05, 0.1) is 6.34 Å². The van der Waals surface area contributed by atoms with Crippen molar-refractivity contribution in [2.45, 2.75) is 26.3 Å². The molecule has 0 aromatic carbocycles. The molecule has 2 nitrogen and oxygen atoms in total. The monoisotopic (exact) mass is 128 g/mol. The lowest BCUT2D eigenvalue weighted by atomic mass is 10.1.